The molecule has 0 saturated carbocycles. The van der Waals surface area contributed by atoms with Gasteiger partial charge in [-0.05, 0) is 60.5 Å². The lowest BCUT2D eigenvalue weighted by atomic mass is 10.00. The highest BCUT2D eigenvalue weighted by Gasteiger charge is 2.12. The Bertz CT molecular complexity index is 1300. The third-order valence-electron chi connectivity index (χ3n) is 5.38. The molecule has 34 heavy (non-hydrogen) atoms. The van der Waals surface area contributed by atoms with Crippen LogP contribution in [0.4, 0.5) is 5.69 Å². The van der Waals surface area contributed by atoms with Crippen molar-refractivity contribution in [1.82, 2.24) is 4.98 Å². The molecular formula is C28H24N2O4. The molecule has 0 spiro atoms. The Labute approximate surface area is 197 Å². The molecule has 6 heteroatoms. The number of rotatable bonds is 8. The van der Waals surface area contributed by atoms with Crippen molar-refractivity contribution in [2.45, 2.75) is 13.3 Å². The molecule has 1 heterocycles. The number of amides is 1. The average molecular weight is 453 g/mol. The SMILES string of the molecule is Cc1ncc(C(=O)O)cc1-c1cccc(C(=O)Nc2ccc(OCCc3ccccc3)cc2)c1. The third-order valence-corrected chi connectivity index (χ3v) is 5.38. The minimum Gasteiger partial charge on any atom is -0.493 e. The van der Waals surface area contributed by atoms with E-state index in [-0.39, 0.29) is 11.5 Å². The molecule has 170 valence electrons. The van der Waals surface area contributed by atoms with Crippen LogP contribution in [0, 0.1) is 6.92 Å². The number of carbonyl (C=O) groups excluding carboxylic acids is 1. The minimum atomic E-state index is -1.05. The minimum absolute atomic E-state index is 0.0986. The van der Waals surface area contributed by atoms with Crippen LogP contribution in [0.3, 0.4) is 0 Å². The topological polar surface area (TPSA) is 88.5 Å². The van der Waals surface area contributed by atoms with Gasteiger partial charge in [0, 0.05) is 35.1 Å². The van der Waals surface area contributed by atoms with E-state index in [9.17, 15) is 14.7 Å². The number of benzene rings is 3. The second-order valence-electron chi connectivity index (χ2n) is 7.81. The molecule has 0 atom stereocenters. The van der Waals surface area contributed by atoms with Gasteiger partial charge in [0.05, 0.1) is 12.2 Å². The fourth-order valence-electron chi connectivity index (χ4n) is 3.54. The summed E-state index contributed by atoms with van der Waals surface area (Å²) in [7, 11) is 0. The monoisotopic (exact) mass is 452 g/mol. The molecule has 1 amide bonds. The van der Waals surface area contributed by atoms with E-state index in [1.807, 2.05) is 36.4 Å². The maximum atomic E-state index is 12.8. The summed E-state index contributed by atoms with van der Waals surface area (Å²) in [6.45, 7) is 2.37. The molecule has 0 bridgehead atoms. The predicted molar refractivity (Wildman–Crippen MR) is 131 cm³/mol. The number of aromatic carboxylic acids is 1. The summed E-state index contributed by atoms with van der Waals surface area (Å²) >= 11 is 0. The number of anilines is 1. The van der Waals surface area contributed by atoms with Crippen molar-refractivity contribution in [2.75, 3.05) is 11.9 Å². The predicted octanol–water partition coefficient (Wildman–Crippen LogP) is 5.63. The molecule has 4 rings (SSSR count). The number of carboxylic acid groups (broad SMARTS) is 1. The standard InChI is InChI=1S/C28H24N2O4/c1-19-26(17-23(18-29-19)28(32)33)21-8-5-9-22(16-21)27(31)30-24-10-12-25(13-11-24)34-15-14-20-6-3-2-4-7-20/h2-13,16-18H,14-15H2,1H3,(H,30,31)(H,32,33). The summed E-state index contributed by atoms with van der Waals surface area (Å²) in [5.74, 6) is -0.577. The highest BCUT2D eigenvalue weighted by atomic mass is 16.5. The molecule has 1 aromatic heterocycles. The number of carbonyl (C=O) groups is 2. The Morgan fingerprint density at radius 2 is 1.68 bits per heavy atom. The molecular weight excluding hydrogens is 428 g/mol. The van der Waals surface area contributed by atoms with Gasteiger partial charge in [0.1, 0.15) is 5.75 Å². The number of carboxylic acids is 1. The van der Waals surface area contributed by atoms with Gasteiger partial charge in [-0.15, -0.1) is 0 Å². The van der Waals surface area contributed by atoms with E-state index < -0.39 is 5.97 Å². The van der Waals surface area contributed by atoms with E-state index in [0.29, 0.717) is 29.1 Å². The first kappa shape index (κ1) is 22.7. The summed E-state index contributed by atoms with van der Waals surface area (Å²) in [4.78, 5) is 28.3. The van der Waals surface area contributed by atoms with Crippen LogP contribution in [0.5, 0.6) is 5.75 Å². The van der Waals surface area contributed by atoms with Gasteiger partial charge in [0.25, 0.3) is 5.91 Å². The Morgan fingerprint density at radius 3 is 2.41 bits per heavy atom. The number of nitrogens with one attached hydrogen (secondary N) is 1. The zero-order valence-electron chi connectivity index (χ0n) is 18.7. The van der Waals surface area contributed by atoms with Crippen molar-refractivity contribution < 1.29 is 19.4 Å². The fourth-order valence-corrected chi connectivity index (χ4v) is 3.54. The second-order valence-corrected chi connectivity index (χ2v) is 7.81. The van der Waals surface area contributed by atoms with Gasteiger partial charge in [-0.1, -0.05) is 42.5 Å². The molecule has 0 unspecified atom stereocenters. The van der Waals surface area contributed by atoms with Crippen LogP contribution in [0.1, 0.15) is 32.0 Å². The van der Waals surface area contributed by atoms with E-state index >= 15 is 0 Å². The van der Waals surface area contributed by atoms with Crippen LogP contribution < -0.4 is 10.1 Å². The number of hydrogen-bond acceptors (Lipinski definition) is 4. The summed E-state index contributed by atoms with van der Waals surface area (Å²) in [5.41, 5.74) is 4.51. The lowest BCUT2D eigenvalue weighted by Gasteiger charge is -2.10. The smallest absolute Gasteiger partial charge is 0.337 e. The van der Waals surface area contributed by atoms with Gasteiger partial charge in [0.2, 0.25) is 0 Å². The molecule has 4 aromatic rings. The Hall–Kier alpha value is -4.45. The fraction of sp³-hybridized carbons (Fsp3) is 0.107. The van der Waals surface area contributed by atoms with Crippen LogP contribution in [0.15, 0.2) is 91.1 Å². The van der Waals surface area contributed by atoms with Crippen LogP contribution in [0.25, 0.3) is 11.1 Å². The first-order chi connectivity index (χ1) is 16.5. The van der Waals surface area contributed by atoms with E-state index in [4.69, 9.17) is 4.74 Å². The van der Waals surface area contributed by atoms with Gasteiger partial charge < -0.3 is 15.2 Å². The molecule has 2 N–H and O–H groups in total. The van der Waals surface area contributed by atoms with E-state index in [1.165, 1.54) is 11.8 Å². The van der Waals surface area contributed by atoms with Crippen LogP contribution >= 0.6 is 0 Å². The number of ether oxygens (including phenoxy) is 1. The summed E-state index contributed by atoms with van der Waals surface area (Å²) < 4.78 is 5.80. The van der Waals surface area contributed by atoms with E-state index in [2.05, 4.69) is 22.4 Å². The zero-order valence-corrected chi connectivity index (χ0v) is 18.7. The molecule has 3 aromatic carbocycles. The second kappa shape index (κ2) is 10.4. The van der Waals surface area contributed by atoms with Crippen molar-refractivity contribution in [1.29, 1.82) is 0 Å². The highest BCUT2D eigenvalue weighted by Crippen LogP contribution is 2.25. The molecule has 0 saturated heterocycles. The van der Waals surface area contributed by atoms with Gasteiger partial charge in [-0.2, -0.15) is 0 Å². The maximum Gasteiger partial charge on any atom is 0.337 e. The van der Waals surface area contributed by atoms with Crippen molar-refractivity contribution in [3.63, 3.8) is 0 Å². The van der Waals surface area contributed by atoms with E-state index in [1.54, 1.807) is 43.3 Å². The molecule has 0 aliphatic rings. The molecule has 0 aliphatic heterocycles. The summed E-state index contributed by atoms with van der Waals surface area (Å²) in [5, 5.41) is 12.1. The number of nitrogens with zero attached hydrogens (tertiary/aromatic N) is 1. The number of aryl methyl sites for hydroxylation is 1. The highest BCUT2D eigenvalue weighted by molar-refractivity contribution is 6.05. The normalized spacial score (nSPS) is 10.5. The van der Waals surface area contributed by atoms with Gasteiger partial charge in [-0.3, -0.25) is 9.78 Å². The number of aromatic nitrogens is 1. The maximum absolute atomic E-state index is 12.8. The Balaban J connectivity index is 1.40. The summed E-state index contributed by atoms with van der Waals surface area (Å²) in [6, 6.07) is 26.0. The Kier molecular flexibility index (Phi) is 6.98. The van der Waals surface area contributed by atoms with Crippen molar-refractivity contribution in [3.05, 3.63) is 114 Å². The molecule has 6 nitrogen and oxygen atoms in total. The Morgan fingerprint density at radius 1 is 0.912 bits per heavy atom. The van der Waals surface area contributed by atoms with Crippen molar-refractivity contribution in [2.24, 2.45) is 0 Å². The number of pyridine rings is 1. The quantitative estimate of drug-likeness (QED) is 0.362. The zero-order chi connectivity index (χ0) is 23.9. The average Bonchev–Trinajstić information content (AvgIpc) is 2.86. The lowest BCUT2D eigenvalue weighted by molar-refractivity contribution is 0.0696. The summed E-state index contributed by atoms with van der Waals surface area (Å²) in [6.07, 6.45) is 2.15. The van der Waals surface area contributed by atoms with Crippen LogP contribution in [-0.2, 0) is 6.42 Å². The van der Waals surface area contributed by atoms with Gasteiger partial charge in [-0.25, -0.2) is 4.79 Å². The van der Waals surface area contributed by atoms with Crippen molar-refractivity contribution >= 4 is 17.6 Å². The van der Waals surface area contributed by atoms with Crippen LogP contribution in [0.2, 0.25) is 0 Å². The lowest BCUT2D eigenvalue weighted by Crippen LogP contribution is -2.12. The van der Waals surface area contributed by atoms with Gasteiger partial charge in [0.15, 0.2) is 0 Å². The van der Waals surface area contributed by atoms with Gasteiger partial charge >= 0.3 is 5.97 Å². The van der Waals surface area contributed by atoms with E-state index in [0.717, 1.165) is 17.7 Å². The largest absolute Gasteiger partial charge is 0.493 e. The van der Waals surface area contributed by atoms with Crippen molar-refractivity contribution in [3.8, 4) is 16.9 Å². The first-order valence-corrected chi connectivity index (χ1v) is 10.9. The molecule has 0 fully saturated rings. The molecule has 0 aliphatic carbocycles. The molecule has 0 radical (unpaired) electrons. The van der Waals surface area contributed by atoms with Crippen LogP contribution in [-0.4, -0.2) is 28.6 Å². The third kappa shape index (κ3) is 5.66. The number of hydrogen-bond donors (Lipinski definition) is 2. The first-order valence-electron chi connectivity index (χ1n) is 10.9.